The van der Waals surface area contributed by atoms with E-state index in [0.717, 1.165) is 25.7 Å². The molecule has 1 aromatic rings. The van der Waals surface area contributed by atoms with Gasteiger partial charge in [0.05, 0.1) is 24.9 Å². The van der Waals surface area contributed by atoms with Crippen LogP contribution in [0.15, 0.2) is 35.0 Å². The highest BCUT2D eigenvalue weighted by Gasteiger charge is 2.40. The molecular weight excluding hydrogens is 358 g/mol. The standard InChI is InChI=1S/C22H27NO5/c1-4-28-19-13-15(10-11-18(19)24)12-17-20(22(26)27-3)14(2)23(21(17)25)16-8-6-5-7-9-16/h10-13,16,24H,4-9H2,1-3H3/b17-12-. The van der Waals surface area contributed by atoms with Crippen molar-refractivity contribution in [2.45, 2.75) is 52.0 Å². The maximum atomic E-state index is 13.3. The molecule has 0 saturated heterocycles. The Labute approximate surface area is 165 Å². The summed E-state index contributed by atoms with van der Waals surface area (Å²) in [6, 6.07) is 4.98. The fourth-order valence-corrected chi connectivity index (χ4v) is 4.04. The number of hydrogen-bond donors (Lipinski definition) is 1. The van der Waals surface area contributed by atoms with Gasteiger partial charge in [0, 0.05) is 11.7 Å². The second kappa shape index (κ2) is 8.50. The summed E-state index contributed by atoms with van der Waals surface area (Å²) in [4.78, 5) is 27.5. The van der Waals surface area contributed by atoms with Crippen LogP contribution in [0.2, 0.25) is 0 Å². The number of carbonyl (C=O) groups excluding carboxylic acids is 2. The van der Waals surface area contributed by atoms with Gasteiger partial charge in [-0.3, -0.25) is 4.79 Å². The van der Waals surface area contributed by atoms with Gasteiger partial charge in [-0.05, 0) is 50.5 Å². The number of methoxy groups -OCH3 is 1. The van der Waals surface area contributed by atoms with Crippen LogP contribution in [0.5, 0.6) is 11.5 Å². The molecule has 0 aromatic heterocycles. The number of amides is 1. The summed E-state index contributed by atoms with van der Waals surface area (Å²) in [6.07, 6.45) is 6.91. The third-order valence-corrected chi connectivity index (χ3v) is 5.37. The molecule has 1 saturated carbocycles. The zero-order valence-electron chi connectivity index (χ0n) is 16.7. The summed E-state index contributed by atoms with van der Waals surface area (Å²) in [6.45, 7) is 4.05. The van der Waals surface area contributed by atoms with E-state index < -0.39 is 5.97 Å². The van der Waals surface area contributed by atoms with Gasteiger partial charge in [0.2, 0.25) is 0 Å². The molecule has 1 N–H and O–H groups in total. The molecule has 2 aliphatic rings. The Morgan fingerprint density at radius 1 is 1.29 bits per heavy atom. The predicted octanol–water partition coefficient (Wildman–Crippen LogP) is 3.80. The minimum absolute atomic E-state index is 0.0329. The van der Waals surface area contributed by atoms with E-state index in [0.29, 0.717) is 34.8 Å². The highest BCUT2D eigenvalue weighted by Crippen LogP contribution is 2.37. The van der Waals surface area contributed by atoms with Gasteiger partial charge in [-0.15, -0.1) is 0 Å². The monoisotopic (exact) mass is 385 g/mol. The van der Waals surface area contributed by atoms with E-state index in [4.69, 9.17) is 9.47 Å². The number of ether oxygens (including phenoxy) is 2. The van der Waals surface area contributed by atoms with Crippen molar-refractivity contribution < 1.29 is 24.2 Å². The van der Waals surface area contributed by atoms with Crippen LogP contribution in [-0.2, 0) is 14.3 Å². The van der Waals surface area contributed by atoms with Crippen molar-refractivity contribution in [1.29, 1.82) is 0 Å². The number of rotatable bonds is 5. The Balaban J connectivity index is 2.03. The maximum Gasteiger partial charge on any atom is 0.340 e. The van der Waals surface area contributed by atoms with Crippen molar-refractivity contribution >= 4 is 18.0 Å². The molecule has 0 unspecified atom stereocenters. The molecule has 1 aromatic carbocycles. The number of benzene rings is 1. The lowest BCUT2D eigenvalue weighted by molar-refractivity contribution is -0.136. The Morgan fingerprint density at radius 2 is 2.00 bits per heavy atom. The first-order valence-electron chi connectivity index (χ1n) is 9.78. The normalized spacial score (nSPS) is 19.5. The zero-order chi connectivity index (χ0) is 20.3. The Kier molecular flexibility index (Phi) is 6.07. The van der Waals surface area contributed by atoms with E-state index in [-0.39, 0.29) is 17.7 Å². The highest BCUT2D eigenvalue weighted by atomic mass is 16.5. The number of aromatic hydroxyl groups is 1. The second-order valence-electron chi connectivity index (χ2n) is 7.14. The molecule has 3 rings (SSSR count). The number of phenols is 1. The average Bonchev–Trinajstić information content (AvgIpc) is 2.94. The van der Waals surface area contributed by atoms with Crippen LogP contribution in [-0.4, -0.2) is 41.6 Å². The van der Waals surface area contributed by atoms with Gasteiger partial charge < -0.3 is 19.5 Å². The lowest BCUT2D eigenvalue weighted by Gasteiger charge is -2.32. The maximum absolute atomic E-state index is 13.3. The summed E-state index contributed by atoms with van der Waals surface area (Å²) < 4.78 is 10.4. The number of hydrogen-bond acceptors (Lipinski definition) is 5. The largest absolute Gasteiger partial charge is 0.504 e. The van der Waals surface area contributed by atoms with Gasteiger partial charge in [-0.2, -0.15) is 0 Å². The van der Waals surface area contributed by atoms with Gasteiger partial charge in [-0.1, -0.05) is 25.3 Å². The second-order valence-corrected chi connectivity index (χ2v) is 7.14. The molecule has 0 atom stereocenters. The minimum Gasteiger partial charge on any atom is -0.504 e. The Hall–Kier alpha value is -2.76. The molecule has 1 aliphatic carbocycles. The van der Waals surface area contributed by atoms with Crippen LogP contribution in [0.4, 0.5) is 0 Å². The van der Waals surface area contributed by atoms with Crippen molar-refractivity contribution in [2.24, 2.45) is 0 Å². The van der Waals surface area contributed by atoms with E-state index >= 15 is 0 Å². The number of allylic oxidation sites excluding steroid dienone is 1. The van der Waals surface area contributed by atoms with Crippen molar-refractivity contribution in [3.63, 3.8) is 0 Å². The van der Waals surface area contributed by atoms with Crippen LogP contribution in [0.25, 0.3) is 6.08 Å². The van der Waals surface area contributed by atoms with E-state index in [1.807, 2.05) is 13.8 Å². The number of carbonyl (C=O) groups is 2. The molecule has 1 heterocycles. The number of esters is 1. The van der Waals surface area contributed by atoms with Crippen molar-refractivity contribution in [2.75, 3.05) is 13.7 Å². The molecule has 0 spiro atoms. The molecule has 1 fully saturated rings. The molecule has 6 heteroatoms. The van der Waals surface area contributed by atoms with E-state index in [1.165, 1.54) is 19.6 Å². The molecule has 150 valence electrons. The van der Waals surface area contributed by atoms with Crippen molar-refractivity contribution in [3.8, 4) is 11.5 Å². The SMILES string of the molecule is CCOc1cc(/C=C2\C(=O)N(C3CCCCC3)C(C)=C2C(=O)OC)ccc1O. The fourth-order valence-electron chi connectivity index (χ4n) is 4.04. The van der Waals surface area contributed by atoms with Gasteiger partial charge in [0.15, 0.2) is 11.5 Å². The van der Waals surface area contributed by atoms with Gasteiger partial charge >= 0.3 is 5.97 Å². The van der Waals surface area contributed by atoms with Gasteiger partial charge in [0.25, 0.3) is 5.91 Å². The van der Waals surface area contributed by atoms with Crippen LogP contribution >= 0.6 is 0 Å². The van der Waals surface area contributed by atoms with Crippen LogP contribution in [0.3, 0.4) is 0 Å². The number of phenolic OH excluding ortho intramolecular Hbond substituents is 1. The molecule has 6 nitrogen and oxygen atoms in total. The van der Waals surface area contributed by atoms with Crippen molar-refractivity contribution in [3.05, 3.63) is 40.6 Å². The Bertz CT molecular complexity index is 833. The summed E-state index contributed by atoms with van der Waals surface area (Å²) >= 11 is 0. The molecule has 0 radical (unpaired) electrons. The van der Waals surface area contributed by atoms with E-state index in [9.17, 15) is 14.7 Å². The third-order valence-electron chi connectivity index (χ3n) is 5.37. The molecule has 0 bridgehead atoms. The highest BCUT2D eigenvalue weighted by molar-refractivity contribution is 6.16. The zero-order valence-corrected chi connectivity index (χ0v) is 16.7. The predicted molar refractivity (Wildman–Crippen MR) is 106 cm³/mol. The Morgan fingerprint density at radius 3 is 2.64 bits per heavy atom. The summed E-state index contributed by atoms with van der Waals surface area (Å²) in [5.41, 5.74) is 1.95. The lowest BCUT2D eigenvalue weighted by Crippen LogP contribution is -2.37. The smallest absolute Gasteiger partial charge is 0.340 e. The third kappa shape index (κ3) is 3.77. The quantitative estimate of drug-likeness (QED) is 0.616. The van der Waals surface area contributed by atoms with Crippen molar-refractivity contribution in [1.82, 2.24) is 4.90 Å². The summed E-state index contributed by atoms with van der Waals surface area (Å²) in [5, 5.41) is 9.91. The minimum atomic E-state index is -0.515. The van der Waals surface area contributed by atoms with E-state index in [1.54, 1.807) is 23.1 Å². The first kappa shape index (κ1) is 20.0. The van der Waals surface area contributed by atoms with Crippen LogP contribution in [0, 0.1) is 0 Å². The van der Waals surface area contributed by atoms with Gasteiger partial charge in [-0.25, -0.2) is 4.79 Å². The van der Waals surface area contributed by atoms with Crippen LogP contribution in [0.1, 0.15) is 51.5 Å². The average molecular weight is 385 g/mol. The fraction of sp³-hybridized carbons (Fsp3) is 0.455. The first-order chi connectivity index (χ1) is 13.5. The van der Waals surface area contributed by atoms with Gasteiger partial charge in [0.1, 0.15) is 0 Å². The molecule has 1 aliphatic heterocycles. The number of nitrogens with zero attached hydrogens (tertiary/aromatic N) is 1. The molecule has 28 heavy (non-hydrogen) atoms. The van der Waals surface area contributed by atoms with E-state index in [2.05, 4.69) is 0 Å². The molecular formula is C22H27NO5. The lowest BCUT2D eigenvalue weighted by atomic mass is 9.94. The summed E-state index contributed by atoms with van der Waals surface area (Å²) in [7, 11) is 1.32. The topological polar surface area (TPSA) is 76.1 Å². The van der Waals surface area contributed by atoms with Crippen LogP contribution < -0.4 is 4.74 Å². The summed E-state index contributed by atoms with van der Waals surface area (Å²) in [5.74, 6) is -0.313. The first-order valence-corrected chi connectivity index (χ1v) is 9.78. The molecule has 1 amide bonds.